The van der Waals surface area contributed by atoms with E-state index >= 15 is 0 Å². The average Bonchev–Trinajstić information content (AvgIpc) is 2.89. The number of nitrogens with zero attached hydrogens (tertiary/aromatic N) is 4. The van der Waals surface area contributed by atoms with Crippen LogP contribution < -0.4 is 5.32 Å². The first-order chi connectivity index (χ1) is 11.1. The quantitative estimate of drug-likeness (QED) is 0.881. The van der Waals surface area contributed by atoms with Gasteiger partial charge in [0.2, 0.25) is 5.91 Å². The van der Waals surface area contributed by atoms with E-state index in [0.29, 0.717) is 18.1 Å². The van der Waals surface area contributed by atoms with Gasteiger partial charge in [0.1, 0.15) is 5.82 Å². The Morgan fingerprint density at radius 1 is 1.22 bits per heavy atom. The van der Waals surface area contributed by atoms with E-state index < -0.39 is 0 Å². The Morgan fingerprint density at radius 2 is 2.09 bits per heavy atom. The van der Waals surface area contributed by atoms with E-state index in [-0.39, 0.29) is 5.91 Å². The molecular formula is C17H21N5O. The minimum absolute atomic E-state index is 0.0145. The van der Waals surface area contributed by atoms with E-state index in [9.17, 15) is 4.79 Å². The lowest BCUT2D eigenvalue weighted by Gasteiger charge is -2.13. The van der Waals surface area contributed by atoms with Gasteiger partial charge in [-0.1, -0.05) is 11.6 Å². The van der Waals surface area contributed by atoms with Gasteiger partial charge in [0.05, 0.1) is 11.4 Å². The maximum absolute atomic E-state index is 12.3. The van der Waals surface area contributed by atoms with Gasteiger partial charge in [-0.3, -0.25) is 4.79 Å². The van der Waals surface area contributed by atoms with Crippen molar-refractivity contribution in [3.8, 4) is 5.82 Å². The molecule has 0 fully saturated rings. The van der Waals surface area contributed by atoms with Crippen LogP contribution in [0.3, 0.4) is 0 Å². The van der Waals surface area contributed by atoms with Gasteiger partial charge in [0.15, 0.2) is 5.82 Å². The van der Waals surface area contributed by atoms with Crippen LogP contribution in [0.5, 0.6) is 0 Å². The summed E-state index contributed by atoms with van der Waals surface area (Å²) in [5.74, 6) is 1.21. The van der Waals surface area contributed by atoms with Gasteiger partial charge < -0.3 is 5.32 Å². The molecule has 2 aromatic rings. The van der Waals surface area contributed by atoms with Gasteiger partial charge in [0.25, 0.3) is 0 Å². The Morgan fingerprint density at radius 3 is 2.78 bits per heavy atom. The lowest BCUT2D eigenvalue weighted by molar-refractivity contribution is -0.115. The summed E-state index contributed by atoms with van der Waals surface area (Å²) < 4.78 is 1.62. The van der Waals surface area contributed by atoms with Crippen LogP contribution in [0.15, 0.2) is 29.8 Å². The number of hydrogen-bond acceptors (Lipinski definition) is 4. The first-order valence-corrected chi connectivity index (χ1v) is 7.97. The van der Waals surface area contributed by atoms with Crippen LogP contribution in [0.25, 0.3) is 5.82 Å². The molecule has 6 nitrogen and oxygen atoms in total. The summed E-state index contributed by atoms with van der Waals surface area (Å²) in [7, 11) is 0. The van der Waals surface area contributed by atoms with Crippen LogP contribution in [0, 0.1) is 13.8 Å². The second-order valence-electron chi connectivity index (χ2n) is 5.95. The molecule has 0 saturated carbocycles. The third kappa shape index (κ3) is 3.83. The SMILES string of the molecule is Cc1ccc(-n2nc(C)cc2NC(=O)CC2=CCCCC2)nn1. The Labute approximate surface area is 135 Å². The summed E-state index contributed by atoms with van der Waals surface area (Å²) in [6.07, 6.45) is 7.15. The number of nitrogens with one attached hydrogen (secondary N) is 1. The summed E-state index contributed by atoms with van der Waals surface area (Å²) in [5, 5.41) is 15.5. The molecule has 0 saturated heterocycles. The molecular weight excluding hydrogens is 290 g/mol. The monoisotopic (exact) mass is 311 g/mol. The number of hydrogen-bond donors (Lipinski definition) is 1. The van der Waals surface area contributed by atoms with Gasteiger partial charge in [-0.25, -0.2) is 0 Å². The summed E-state index contributed by atoms with van der Waals surface area (Å²) in [6.45, 7) is 3.77. The molecule has 0 aliphatic heterocycles. The molecule has 2 aromatic heterocycles. The van der Waals surface area contributed by atoms with Crippen molar-refractivity contribution < 1.29 is 4.79 Å². The maximum atomic E-state index is 12.3. The highest BCUT2D eigenvalue weighted by Crippen LogP contribution is 2.21. The fraction of sp³-hybridized carbons (Fsp3) is 0.412. The topological polar surface area (TPSA) is 72.7 Å². The highest BCUT2D eigenvalue weighted by atomic mass is 16.1. The van der Waals surface area contributed by atoms with Crippen molar-refractivity contribution >= 4 is 11.7 Å². The smallest absolute Gasteiger partial charge is 0.229 e. The molecule has 120 valence electrons. The average molecular weight is 311 g/mol. The summed E-state index contributed by atoms with van der Waals surface area (Å²) in [6, 6.07) is 5.56. The van der Waals surface area contributed by atoms with Crippen molar-refractivity contribution in [1.29, 1.82) is 0 Å². The molecule has 0 radical (unpaired) electrons. The molecule has 0 atom stereocenters. The molecule has 0 spiro atoms. The molecule has 2 heterocycles. The zero-order chi connectivity index (χ0) is 16.2. The van der Waals surface area contributed by atoms with E-state index in [1.54, 1.807) is 4.68 Å². The maximum Gasteiger partial charge on any atom is 0.229 e. The molecule has 0 unspecified atom stereocenters. The third-order valence-electron chi connectivity index (χ3n) is 3.87. The molecule has 6 heteroatoms. The number of anilines is 1. The van der Waals surface area contributed by atoms with Crippen LogP contribution >= 0.6 is 0 Å². The van der Waals surface area contributed by atoms with Crippen molar-refractivity contribution in [2.75, 3.05) is 5.32 Å². The number of amides is 1. The molecule has 1 aliphatic rings. The second-order valence-corrected chi connectivity index (χ2v) is 5.95. The van der Waals surface area contributed by atoms with Crippen LogP contribution in [0.4, 0.5) is 5.82 Å². The molecule has 0 bridgehead atoms. The number of carbonyl (C=O) groups is 1. The van der Waals surface area contributed by atoms with Crippen molar-refractivity contribution in [3.63, 3.8) is 0 Å². The van der Waals surface area contributed by atoms with Gasteiger partial charge in [-0.05, 0) is 51.7 Å². The Kier molecular flexibility index (Phi) is 4.50. The van der Waals surface area contributed by atoms with Crippen molar-refractivity contribution in [2.45, 2.75) is 46.0 Å². The van der Waals surface area contributed by atoms with E-state index in [2.05, 4.69) is 26.7 Å². The molecule has 1 aliphatic carbocycles. The van der Waals surface area contributed by atoms with Crippen LogP contribution in [-0.2, 0) is 4.79 Å². The summed E-state index contributed by atoms with van der Waals surface area (Å²) in [5.41, 5.74) is 2.89. The predicted octanol–water partition coefficient (Wildman–Crippen LogP) is 3.11. The molecule has 0 aromatic carbocycles. The number of rotatable bonds is 4. The normalized spacial score (nSPS) is 14.4. The summed E-state index contributed by atoms with van der Waals surface area (Å²) >= 11 is 0. The van der Waals surface area contributed by atoms with E-state index in [4.69, 9.17) is 0 Å². The zero-order valence-corrected chi connectivity index (χ0v) is 13.5. The Hall–Kier alpha value is -2.50. The summed E-state index contributed by atoms with van der Waals surface area (Å²) in [4.78, 5) is 12.3. The minimum atomic E-state index is -0.0145. The van der Waals surface area contributed by atoms with Crippen molar-refractivity contribution in [3.05, 3.63) is 41.2 Å². The van der Waals surface area contributed by atoms with Crippen molar-refractivity contribution in [1.82, 2.24) is 20.0 Å². The molecule has 1 amide bonds. The van der Waals surface area contributed by atoms with Gasteiger partial charge in [0, 0.05) is 12.5 Å². The van der Waals surface area contributed by atoms with Crippen LogP contribution in [-0.4, -0.2) is 25.9 Å². The van der Waals surface area contributed by atoms with Crippen molar-refractivity contribution in [2.24, 2.45) is 0 Å². The van der Waals surface area contributed by atoms with Gasteiger partial charge >= 0.3 is 0 Å². The Balaban J connectivity index is 1.76. The van der Waals surface area contributed by atoms with E-state index in [0.717, 1.165) is 24.2 Å². The fourth-order valence-electron chi connectivity index (χ4n) is 2.73. The zero-order valence-electron chi connectivity index (χ0n) is 13.5. The molecule has 1 N–H and O–H groups in total. The number of aromatic nitrogens is 4. The lowest BCUT2D eigenvalue weighted by atomic mass is 9.97. The van der Waals surface area contributed by atoms with Gasteiger partial charge in [-0.2, -0.15) is 14.9 Å². The standard InChI is InChI=1S/C17H21N5O/c1-12-8-9-15(20-19-12)22-16(10-13(2)21-22)18-17(23)11-14-6-4-3-5-7-14/h6,8-10H,3-5,7,11H2,1-2H3,(H,18,23). The number of allylic oxidation sites excluding steroid dienone is 1. The largest absolute Gasteiger partial charge is 0.310 e. The Bertz CT molecular complexity index is 730. The van der Waals surface area contributed by atoms with Crippen LogP contribution in [0.1, 0.15) is 43.5 Å². The van der Waals surface area contributed by atoms with Crippen LogP contribution in [0.2, 0.25) is 0 Å². The highest BCUT2D eigenvalue weighted by Gasteiger charge is 2.14. The minimum Gasteiger partial charge on any atom is -0.310 e. The third-order valence-corrected chi connectivity index (χ3v) is 3.87. The number of aryl methyl sites for hydroxylation is 2. The van der Waals surface area contributed by atoms with E-state index in [1.807, 2.05) is 32.0 Å². The first kappa shape index (κ1) is 15.4. The first-order valence-electron chi connectivity index (χ1n) is 7.97. The lowest BCUT2D eigenvalue weighted by Crippen LogP contribution is -2.16. The highest BCUT2D eigenvalue weighted by molar-refractivity contribution is 5.91. The van der Waals surface area contributed by atoms with E-state index in [1.165, 1.54) is 18.4 Å². The predicted molar refractivity (Wildman–Crippen MR) is 88.4 cm³/mol. The van der Waals surface area contributed by atoms with Gasteiger partial charge in [-0.15, -0.1) is 5.10 Å². The fourth-order valence-corrected chi connectivity index (χ4v) is 2.73. The number of carbonyl (C=O) groups excluding carboxylic acids is 1. The second kappa shape index (κ2) is 6.73. The molecule has 3 rings (SSSR count). The molecule has 23 heavy (non-hydrogen) atoms.